The van der Waals surface area contributed by atoms with Crippen LogP contribution in [0.4, 0.5) is 0 Å². The van der Waals surface area contributed by atoms with E-state index in [2.05, 4.69) is 16.0 Å². The van der Waals surface area contributed by atoms with Gasteiger partial charge in [-0.3, -0.25) is 9.78 Å². The van der Waals surface area contributed by atoms with Crippen molar-refractivity contribution >= 4 is 39.9 Å². The Bertz CT molecular complexity index is 1260. The van der Waals surface area contributed by atoms with E-state index in [9.17, 15) is 15.0 Å². The first-order valence-corrected chi connectivity index (χ1v) is 13.6. The van der Waals surface area contributed by atoms with Gasteiger partial charge in [0.1, 0.15) is 0 Å². The summed E-state index contributed by atoms with van der Waals surface area (Å²) in [6.45, 7) is 4.51. The summed E-state index contributed by atoms with van der Waals surface area (Å²) in [5.41, 5.74) is 4.32. The zero-order valence-corrected chi connectivity index (χ0v) is 22.0. The van der Waals surface area contributed by atoms with Gasteiger partial charge in [0.15, 0.2) is 11.5 Å². The number of aromatic nitrogens is 1. The summed E-state index contributed by atoms with van der Waals surface area (Å²) < 4.78 is 0. The molecule has 0 bridgehead atoms. The highest BCUT2D eigenvalue weighted by atomic mass is 35.5. The summed E-state index contributed by atoms with van der Waals surface area (Å²) in [7, 11) is 0. The molecule has 2 heterocycles. The molecule has 190 valence electrons. The highest BCUT2D eigenvalue weighted by Gasteiger charge is 2.28. The van der Waals surface area contributed by atoms with E-state index in [-0.39, 0.29) is 27.7 Å². The van der Waals surface area contributed by atoms with E-state index in [1.165, 1.54) is 12.8 Å². The minimum absolute atomic E-state index is 0.0294. The minimum Gasteiger partial charge on any atom is -0.505 e. The van der Waals surface area contributed by atoms with Crippen molar-refractivity contribution in [3.05, 3.63) is 57.7 Å². The van der Waals surface area contributed by atoms with Gasteiger partial charge >= 0.3 is 0 Å². The minimum atomic E-state index is -0.162. The SMILES string of the molecule is CC(=O)c1cnc2ccc(-c3cc(Cl)c(O)c(Cl)c3)cc2c1CC1CCC(CN2CCC(O)C2)CC1. The molecule has 1 aliphatic carbocycles. The molecule has 1 unspecified atom stereocenters. The van der Waals surface area contributed by atoms with E-state index in [0.29, 0.717) is 17.4 Å². The fourth-order valence-corrected chi connectivity index (χ4v) is 6.42. The molecule has 1 saturated carbocycles. The van der Waals surface area contributed by atoms with Gasteiger partial charge in [-0.05, 0) is 98.2 Å². The first kappa shape index (κ1) is 25.5. The lowest BCUT2D eigenvalue weighted by Gasteiger charge is -2.31. The first-order valence-electron chi connectivity index (χ1n) is 12.8. The number of Topliss-reactive ketones (excluding diaryl/α,β-unsaturated/α-hetero) is 1. The lowest BCUT2D eigenvalue weighted by atomic mass is 9.78. The van der Waals surface area contributed by atoms with Gasteiger partial charge in [0.25, 0.3) is 0 Å². The average Bonchev–Trinajstić information content (AvgIpc) is 3.27. The Balaban J connectivity index is 1.40. The monoisotopic (exact) mass is 526 g/mol. The molecule has 5 rings (SSSR count). The zero-order chi connectivity index (χ0) is 25.4. The second-order valence-electron chi connectivity index (χ2n) is 10.5. The third-order valence-corrected chi connectivity index (χ3v) is 8.51. The van der Waals surface area contributed by atoms with Crippen LogP contribution in [0.15, 0.2) is 36.5 Å². The van der Waals surface area contributed by atoms with Crippen molar-refractivity contribution in [1.82, 2.24) is 9.88 Å². The number of aliphatic hydroxyl groups is 1. The van der Waals surface area contributed by atoms with Crippen LogP contribution in [0.2, 0.25) is 10.0 Å². The second-order valence-corrected chi connectivity index (χ2v) is 11.3. The van der Waals surface area contributed by atoms with Gasteiger partial charge < -0.3 is 15.1 Å². The number of likely N-dealkylation sites (tertiary alicyclic amines) is 1. The largest absolute Gasteiger partial charge is 0.505 e. The van der Waals surface area contributed by atoms with Crippen LogP contribution in [-0.4, -0.2) is 51.6 Å². The zero-order valence-electron chi connectivity index (χ0n) is 20.5. The van der Waals surface area contributed by atoms with E-state index in [4.69, 9.17) is 23.2 Å². The number of carbonyl (C=O) groups is 1. The number of β-amino-alcohol motifs (C(OH)–C–C–N with tert-alkyl or cyclic N) is 1. The number of aliphatic hydroxyl groups excluding tert-OH is 1. The maximum atomic E-state index is 12.6. The van der Waals surface area contributed by atoms with Crippen molar-refractivity contribution in [2.45, 2.75) is 51.6 Å². The molecular weight excluding hydrogens is 495 g/mol. The van der Waals surface area contributed by atoms with Gasteiger partial charge in [-0.1, -0.05) is 29.3 Å². The van der Waals surface area contributed by atoms with Crippen molar-refractivity contribution in [2.75, 3.05) is 19.6 Å². The van der Waals surface area contributed by atoms with E-state index < -0.39 is 0 Å². The smallest absolute Gasteiger partial charge is 0.161 e. The van der Waals surface area contributed by atoms with E-state index in [1.54, 1.807) is 25.3 Å². The Morgan fingerprint density at radius 2 is 1.72 bits per heavy atom. The molecule has 2 fully saturated rings. The topological polar surface area (TPSA) is 73.7 Å². The molecule has 5 nitrogen and oxygen atoms in total. The number of phenols is 1. The van der Waals surface area contributed by atoms with Crippen LogP contribution < -0.4 is 0 Å². The van der Waals surface area contributed by atoms with Gasteiger partial charge in [0.05, 0.1) is 21.7 Å². The predicted octanol–water partition coefficient (Wildman–Crippen LogP) is 6.53. The number of hydrogen-bond donors (Lipinski definition) is 2. The van der Waals surface area contributed by atoms with Crippen molar-refractivity contribution in [2.24, 2.45) is 11.8 Å². The van der Waals surface area contributed by atoms with Gasteiger partial charge in [0, 0.05) is 36.8 Å². The molecule has 1 atom stereocenters. The van der Waals surface area contributed by atoms with Gasteiger partial charge in [0.2, 0.25) is 0 Å². The summed E-state index contributed by atoms with van der Waals surface area (Å²) >= 11 is 12.4. The molecule has 1 aromatic heterocycles. The summed E-state index contributed by atoms with van der Waals surface area (Å²) in [6, 6.07) is 9.40. The summed E-state index contributed by atoms with van der Waals surface area (Å²) in [5.74, 6) is 1.11. The molecule has 36 heavy (non-hydrogen) atoms. The molecule has 2 N–H and O–H groups in total. The van der Waals surface area contributed by atoms with E-state index in [1.807, 2.05) is 12.1 Å². The number of carbonyl (C=O) groups excluding carboxylic acids is 1. The molecule has 7 heteroatoms. The van der Waals surface area contributed by atoms with Crippen molar-refractivity contribution in [3.63, 3.8) is 0 Å². The highest BCUT2D eigenvalue weighted by molar-refractivity contribution is 6.37. The Kier molecular flexibility index (Phi) is 7.55. The normalized spacial score (nSPS) is 22.8. The van der Waals surface area contributed by atoms with E-state index >= 15 is 0 Å². The molecule has 3 aromatic rings. The number of ketones is 1. The van der Waals surface area contributed by atoms with Crippen molar-refractivity contribution in [3.8, 4) is 16.9 Å². The summed E-state index contributed by atoms with van der Waals surface area (Å²) in [6.07, 6.45) is 7.96. The molecule has 0 amide bonds. The van der Waals surface area contributed by atoms with Crippen LogP contribution >= 0.6 is 23.2 Å². The number of hydrogen-bond acceptors (Lipinski definition) is 5. The Labute approximate surface area is 222 Å². The van der Waals surface area contributed by atoms with Crippen LogP contribution in [0.3, 0.4) is 0 Å². The molecule has 0 spiro atoms. The molecule has 1 saturated heterocycles. The Morgan fingerprint density at radius 3 is 2.36 bits per heavy atom. The Hall–Kier alpha value is -2.18. The molecule has 2 aliphatic rings. The standard InChI is InChI=1S/C29H32Cl2N2O3/c1-17(34)25-14-32-28-7-6-20(21-12-26(30)29(36)27(31)13-21)11-24(28)23(25)10-18-2-4-19(5-3-18)15-33-9-8-22(35)16-33/h6-7,11-14,18-19,22,35-36H,2-5,8-10,15-16H2,1H3. The summed E-state index contributed by atoms with van der Waals surface area (Å²) in [5, 5.41) is 21.2. The lowest BCUT2D eigenvalue weighted by molar-refractivity contribution is 0.101. The van der Waals surface area contributed by atoms with Crippen molar-refractivity contribution in [1.29, 1.82) is 0 Å². The highest BCUT2D eigenvalue weighted by Crippen LogP contribution is 2.39. The predicted molar refractivity (Wildman–Crippen MR) is 145 cm³/mol. The second kappa shape index (κ2) is 10.7. The maximum absolute atomic E-state index is 12.6. The number of aromatic hydroxyl groups is 1. The van der Waals surface area contributed by atoms with Crippen molar-refractivity contribution < 1.29 is 15.0 Å². The van der Waals surface area contributed by atoms with Crippen LogP contribution in [0.5, 0.6) is 5.75 Å². The number of benzene rings is 2. The van der Waals surface area contributed by atoms with Crippen LogP contribution in [0, 0.1) is 11.8 Å². The fraction of sp³-hybridized carbons (Fsp3) is 0.448. The van der Waals surface area contributed by atoms with E-state index in [0.717, 1.165) is 72.9 Å². The third kappa shape index (κ3) is 5.40. The molecular formula is C29H32Cl2N2O3. The maximum Gasteiger partial charge on any atom is 0.161 e. The first-order chi connectivity index (χ1) is 17.3. The molecule has 2 aromatic carbocycles. The number of halogens is 2. The lowest BCUT2D eigenvalue weighted by Crippen LogP contribution is -2.31. The third-order valence-electron chi connectivity index (χ3n) is 7.93. The fourth-order valence-electron chi connectivity index (χ4n) is 5.93. The number of pyridine rings is 1. The van der Waals surface area contributed by atoms with Crippen LogP contribution in [0.1, 0.15) is 54.9 Å². The van der Waals surface area contributed by atoms with Gasteiger partial charge in [-0.15, -0.1) is 0 Å². The average molecular weight is 527 g/mol. The van der Waals surface area contributed by atoms with Crippen LogP contribution in [-0.2, 0) is 6.42 Å². The summed E-state index contributed by atoms with van der Waals surface area (Å²) in [4.78, 5) is 19.6. The molecule has 1 aliphatic heterocycles. The van der Waals surface area contributed by atoms with Crippen LogP contribution in [0.25, 0.3) is 22.0 Å². The Morgan fingerprint density at radius 1 is 1.03 bits per heavy atom. The molecule has 0 radical (unpaired) electrons. The van der Waals surface area contributed by atoms with Gasteiger partial charge in [-0.25, -0.2) is 0 Å². The quantitative estimate of drug-likeness (QED) is 0.357. The number of phenolic OH excluding ortho intramolecular Hbond substituents is 1. The number of nitrogens with zero attached hydrogens (tertiary/aromatic N) is 2. The number of rotatable bonds is 6. The van der Waals surface area contributed by atoms with Gasteiger partial charge in [-0.2, -0.15) is 0 Å². The number of fused-ring (bicyclic) bond motifs is 1.